The van der Waals surface area contributed by atoms with Gasteiger partial charge in [-0.25, -0.2) is 0 Å². The molecule has 5 nitrogen and oxygen atoms in total. The van der Waals surface area contributed by atoms with Crippen LogP contribution in [0.4, 0.5) is 0 Å². The normalized spacial score (nSPS) is 18.2. The third-order valence-corrected chi connectivity index (χ3v) is 5.10. The summed E-state index contributed by atoms with van der Waals surface area (Å²) in [6.07, 6.45) is 3.29. The van der Waals surface area contributed by atoms with Crippen molar-refractivity contribution in [2.45, 2.75) is 12.6 Å². The van der Waals surface area contributed by atoms with Gasteiger partial charge in [-0.3, -0.25) is 14.6 Å². The zero-order valence-electron chi connectivity index (χ0n) is 15.3. The first-order valence-corrected chi connectivity index (χ1v) is 9.42. The number of aliphatic hydroxyl groups is 1. The fourth-order valence-electron chi connectivity index (χ4n) is 3.47. The number of aromatic nitrogens is 1. The van der Waals surface area contributed by atoms with Gasteiger partial charge in [-0.05, 0) is 29.3 Å². The monoisotopic (exact) mass is 404 g/mol. The number of halogens is 1. The van der Waals surface area contributed by atoms with Crippen LogP contribution >= 0.6 is 11.6 Å². The quantitative estimate of drug-likeness (QED) is 0.398. The summed E-state index contributed by atoms with van der Waals surface area (Å²) in [5.74, 6) is -1.57. The predicted molar refractivity (Wildman–Crippen MR) is 110 cm³/mol. The van der Waals surface area contributed by atoms with Gasteiger partial charge >= 0.3 is 0 Å². The molecule has 2 heterocycles. The molecule has 3 aromatic rings. The molecule has 144 valence electrons. The Bertz CT molecular complexity index is 1080. The molecular formula is C23H17ClN2O3. The van der Waals surface area contributed by atoms with Crippen molar-refractivity contribution in [3.8, 4) is 0 Å². The van der Waals surface area contributed by atoms with Gasteiger partial charge in [0.1, 0.15) is 5.76 Å². The summed E-state index contributed by atoms with van der Waals surface area (Å²) in [6, 6.07) is 18.5. The van der Waals surface area contributed by atoms with Gasteiger partial charge in [0.25, 0.3) is 11.7 Å². The summed E-state index contributed by atoms with van der Waals surface area (Å²) in [6.45, 7) is 0.192. The highest BCUT2D eigenvalue weighted by atomic mass is 35.5. The summed E-state index contributed by atoms with van der Waals surface area (Å²) in [5.41, 5.74) is 2.02. The number of hydrogen-bond donors (Lipinski definition) is 1. The van der Waals surface area contributed by atoms with Gasteiger partial charge in [-0.2, -0.15) is 0 Å². The lowest BCUT2D eigenvalue weighted by atomic mass is 9.95. The van der Waals surface area contributed by atoms with E-state index in [9.17, 15) is 14.7 Å². The van der Waals surface area contributed by atoms with Crippen molar-refractivity contribution in [2.24, 2.45) is 0 Å². The van der Waals surface area contributed by atoms with E-state index in [1.165, 1.54) is 4.90 Å². The molecule has 1 unspecified atom stereocenters. The molecule has 4 rings (SSSR count). The smallest absolute Gasteiger partial charge is 0.295 e. The van der Waals surface area contributed by atoms with Crippen LogP contribution in [0.5, 0.6) is 0 Å². The van der Waals surface area contributed by atoms with Crippen molar-refractivity contribution in [2.75, 3.05) is 0 Å². The lowest BCUT2D eigenvalue weighted by Gasteiger charge is -2.25. The van der Waals surface area contributed by atoms with E-state index < -0.39 is 17.7 Å². The van der Waals surface area contributed by atoms with Gasteiger partial charge in [0.05, 0.1) is 11.6 Å². The lowest BCUT2D eigenvalue weighted by Crippen LogP contribution is -2.29. The maximum Gasteiger partial charge on any atom is 0.295 e. The molecule has 2 aromatic carbocycles. The third-order valence-electron chi connectivity index (χ3n) is 4.85. The van der Waals surface area contributed by atoms with Crippen LogP contribution in [-0.4, -0.2) is 26.7 Å². The highest BCUT2D eigenvalue weighted by molar-refractivity contribution is 6.46. The number of nitrogens with zero attached hydrogens (tertiary/aromatic N) is 2. The Kier molecular flexibility index (Phi) is 5.14. The third kappa shape index (κ3) is 3.65. The van der Waals surface area contributed by atoms with Crippen molar-refractivity contribution in [3.63, 3.8) is 0 Å². The molecule has 1 aromatic heterocycles. The van der Waals surface area contributed by atoms with Crippen LogP contribution < -0.4 is 0 Å². The average Bonchev–Trinajstić information content (AvgIpc) is 3.00. The maximum atomic E-state index is 12.9. The second-order valence-electron chi connectivity index (χ2n) is 6.71. The number of carbonyl (C=O) groups is 2. The largest absolute Gasteiger partial charge is 0.507 e. The van der Waals surface area contributed by atoms with Crippen LogP contribution in [-0.2, 0) is 16.1 Å². The minimum Gasteiger partial charge on any atom is -0.507 e. The first kappa shape index (κ1) is 18.9. The molecular weight excluding hydrogens is 388 g/mol. The van der Waals surface area contributed by atoms with Gasteiger partial charge in [-0.1, -0.05) is 60.1 Å². The van der Waals surface area contributed by atoms with Gasteiger partial charge in [0.15, 0.2) is 0 Å². The minimum absolute atomic E-state index is 0.0624. The zero-order chi connectivity index (χ0) is 20.4. The molecule has 1 amide bonds. The lowest BCUT2D eigenvalue weighted by molar-refractivity contribution is -0.140. The topological polar surface area (TPSA) is 70.5 Å². The molecule has 1 saturated heterocycles. The number of hydrogen-bond acceptors (Lipinski definition) is 4. The first-order chi connectivity index (χ1) is 14.1. The fourth-order valence-corrected chi connectivity index (χ4v) is 3.60. The van der Waals surface area contributed by atoms with E-state index in [4.69, 9.17) is 11.6 Å². The number of carbonyl (C=O) groups excluding carboxylic acids is 2. The van der Waals surface area contributed by atoms with Crippen LogP contribution in [0.2, 0.25) is 5.02 Å². The van der Waals surface area contributed by atoms with Gasteiger partial charge in [0, 0.05) is 29.5 Å². The second kappa shape index (κ2) is 7.89. The number of amides is 1. The molecule has 1 fully saturated rings. The van der Waals surface area contributed by atoms with E-state index in [2.05, 4.69) is 4.98 Å². The van der Waals surface area contributed by atoms with Crippen LogP contribution in [0.3, 0.4) is 0 Å². The number of likely N-dealkylation sites (tertiary alicyclic amines) is 1. The number of ketones is 1. The molecule has 1 atom stereocenters. The van der Waals surface area contributed by atoms with Crippen LogP contribution in [0.15, 0.2) is 84.7 Å². The standard InChI is InChI=1S/C23H17ClN2O3/c24-18-10-8-16(9-11-18)20-19(21(27)17-6-2-1-3-7-17)22(28)23(29)26(20)14-15-5-4-12-25-13-15/h1-13,20,27H,14H2/b21-19-. The van der Waals surface area contributed by atoms with Crippen molar-refractivity contribution in [3.05, 3.63) is 106 Å². The predicted octanol–water partition coefficient (Wildman–Crippen LogP) is 4.36. The van der Waals surface area contributed by atoms with Crippen LogP contribution in [0.25, 0.3) is 5.76 Å². The summed E-state index contributed by atoms with van der Waals surface area (Å²) < 4.78 is 0. The summed E-state index contributed by atoms with van der Waals surface area (Å²) in [4.78, 5) is 31.3. The van der Waals surface area contributed by atoms with E-state index in [0.29, 0.717) is 16.1 Å². The Hall–Kier alpha value is -3.44. The zero-order valence-corrected chi connectivity index (χ0v) is 16.1. The number of pyridine rings is 1. The van der Waals surface area contributed by atoms with Crippen molar-refractivity contribution in [1.82, 2.24) is 9.88 Å². The molecule has 29 heavy (non-hydrogen) atoms. The number of benzene rings is 2. The Labute approximate surface area is 172 Å². The Balaban J connectivity index is 1.86. The summed E-state index contributed by atoms with van der Waals surface area (Å²) in [7, 11) is 0. The highest BCUT2D eigenvalue weighted by Crippen LogP contribution is 2.40. The maximum absolute atomic E-state index is 12.9. The van der Waals surface area contributed by atoms with Gasteiger partial charge in [0.2, 0.25) is 0 Å². The van der Waals surface area contributed by atoms with E-state index in [0.717, 1.165) is 5.56 Å². The molecule has 0 spiro atoms. The SMILES string of the molecule is O=C1C(=O)N(Cc2cccnc2)C(c2ccc(Cl)cc2)/C1=C(/O)c1ccccc1. The molecule has 6 heteroatoms. The first-order valence-electron chi connectivity index (χ1n) is 9.04. The van der Waals surface area contributed by atoms with Crippen molar-refractivity contribution >= 4 is 29.1 Å². The Morgan fingerprint density at radius 1 is 1.00 bits per heavy atom. The Morgan fingerprint density at radius 3 is 2.38 bits per heavy atom. The molecule has 0 saturated carbocycles. The molecule has 0 aliphatic carbocycles. The molecule has 1 N–H and O–H groups in total. The number of Topliss-reactive ketones (excluding diaryl/α,β-unsaturated/α-hetero) is 1. The van der Waals surface area contributed by atoms with Crippen molar-refractivity contribution in [1.29, 1.82) is 0 Å². The summed E-state index contributed by atoms with van der Waals surface area (Å²) in [5, 5.41) is 11.5. The number of aliphatic hydroxyl groups excluding tert-OH is 1. The Morgan fingerprint density at radius 2 is 1.72 bits per heavy atom. The van der Waals surface area contributed by atoms with E-state index in [1.807, 2.05) is 12.1 Å². The van der Waals surface area contributed by atoms with E-state index in [-0.39, 0.29) is 17.9 Å². The van der Waals surface area contributed by atoms with E-state index in [1.54, 1.807) is 67.0 Å². The van der Waals surface area contributed by atoms with Crippen LogP contribution in [0, 0.1) is 0 Å². The van der Waals surface area contributed by atoms with Gasteiger partial charge < -0.3 is 10.0 Å². The number of rotatable bonds is 4. The van der Waals surface area contributed by atoms with Crippen molar-refractivity contribution < 1.29 is 14.7 Å². The fraction of sp³-hybridized carbons (Fsp3) is 0.0870. The minimum atomic E-state index is -0.729. The summed E-state index contributed by atoms with van der Waals surface area (Å²) >= 11 is 6.02. The molecule has 0 bridgehead atoms. The van der Waals surface area contributed by atoms with E-state index >= 15 is 0 Å². The molecule has 1 aliphatic rings. The average molecular weight is 405 g/mol. The van der Waals surface area contributed by atoms with Crippen LogP contribution in [0.1, 0.15) is 22.7 Å². The molecule has 1 aliphatic heterocycles. The van der Waals surface area contributed by atoms with Gasteiger partial charge in [-0.15, -0.1) is 0 Å². The molecule has 0 radical (unpaired) electrons. The second-order valence-corrected chi connectivity index (χ2v) is 7.14. The highest BCUT2D eigenvalue weighted by Gasteiger charge is 2.46.